The number of fused-ring (bicyclic) bond motifs is 1. The van der Waals surface area contributed by atoms with Gasteiger partial charge in [-0.05, 0) is 55.1 Å². The molecule has 1 aromatic heterocycles. The molecular formula is C28H31N3O2. The van der Waals surface area contributed by atoms with Crippen molar-refractivity contribution in [2.75, 3.05) is 26.2 Å². The lowest BCUT2D eigenvalue weighted by Gasteiger charge is -2.57. The summed E-state index contributed by atoms with van der Waals surface area (Å²) in [5.41, 5.74) is 5.60. The number of pyridine rings is 1. The highest BCUT2D eigenvalue weighted by molar-refractivity contribution is 5.94. The van der Waals surface area contributed by atoms with Crippen molar-refractivity contribution in [3.05, 3.63) is 89.7 Å². The molecule has 0 aliphatic carbocycles. The quantitative estimate of drug-likeness (QED) is 0.662. The molecule has 1 N–H and O–H groups in total. The molecule has 2 aliphatic rings. The van der Waals surface area contributed by atoms with Crippen molar-refractivity contribution in [1.82, 2.24) is 14.8 Å². The third kappa shape index (κ3) is 4.31. The average Bonchev–Trinajstić information content (AvgIpc) is 2.83. The summed E-state index contributed by atoms with van der Waals surface area (Å²) in [6.45, 7) is 4.68. The Labute approximate surface area is 195 Å². The van der Waals surface area contributed by atoms with Crippen LogP contribution in [-0.2, 0) is 0 Å². The summed E-state index contributed by atoms with van der Waals surface area (Å²) in [5.74, 6) is 0.285. The minimum absolute atomic E-state index is 0.0697. The predicted molar refractivity (Wildman–Crippen MR) is 130 cm³/mol. The van der Waals surface area contributed by atoms with E-state index in [2.05, 4.69) is 65.3 Å². The Bertz CT molecular complexity index is 1100. The molecule has 0 bridgehead atoms. The summed E-state index contributed by atoms with van der Waals surface area (Å²) in [6.07, 6.45) is 5.36. The number of aryl methyl sites for hydroxylation is 1. The Kier molecular flexibility index (Phi) is 6.25. The molecule has 33 heavy (non-hydrogen) atoms. The zero-order valence-corrected chi connectivity index (χ0v) is 19.1. The van der Waals surface area contributed by atoms with Gasteiger partial charge in [0.25, 0.3) is 5.91 Å². The van der Waals surface area contributed by atoms with E-state index in [0.29, 0.717) is 12.1 Å². The van der Waals surface area contributed by atoms with Crippen molar-refractivity contribution in [2.45, 2.75) is 37.8 Å². The molecular weight excluding hydrogens is 410 g/mol. The number of carbonyl (C=O) groups is 1. The van der Waals surface area contributed by atoms with E-state index in [9.17, 15) is 9.90 Å². The van der Waals surface area contributed by atoms with E-state index in [1.807, 2.05) is 4.90 Å². The molecule has 5 nitrogen and oxygen atoms in total. The van der Waals surface area contributed by atoms with Gasteiger partial charge in [-0.2, -0.15) is 0 Å². The smallest absolute Gasteiger partial charge is 0.254 e. The van der Waals surface area contributed by atoms with E-state index in [4.69, 9.17) is 0 Å². The minimum atomic E-state index is 0.0697. The zero-order valence-electron chi connectivity index (χ0n) is 19.1. The van der Waals surface area contributed by atoms with Gasteiger partial charge in [0.1, 0.15) is 0 Å². The van der Waals surface area contributed by atoms with Gasteiger partial charge < -0.3 is 10.0 Å². The van der Waals surface area contributed by atoms with E-state index in [1.165, 1.54) is 22.3 Å². The van der Waals surface area contributed by atoms with Crippen LogP contribution >= 0.6 is 0 Å². The van der Waals surface area contributed by atoms with Crippen molar-refractivity contribution in [1.29, 1.82) is 0 Å². The van der Waals surface area contributed by atoms with Gasteiger partial charge >= 0.3 is 0 Å². The Morgan fingerprint density at radius 3 is 2.48 bits per heavy atom. The highest BCUT2D eigenvalue weighted by Crippen LogP contribution is 2.42. The third-order valence-electron chi connectivity index (χ3n) is 7.23. The van der Waals surface area contributed by atoms with Gasteiger partial charge in [-0.3, -0.25) is 14.7 Å². The zero-order chi connectivity index (χ0) is 22.8. The minimum Gasteiger partial charge on any atom is -0.395 e. The number of nitrogens with zero attached hydrogens (tertiary/aromatic N) is 3. The van der Waals surface area contributed by atoms with Crippen molar-refractivity contribution >= 4 is 5.91 Å². The topological polar surface area (TPSA) is 56.7 Å². The number of rotatable bonds is 4. The van der Waals surface area contributed by atoms with Gasteiger partial charge in [0, 0.05) is 49.0 Å². The molecule has 5 rings (SSSR count). The Hall–Kier alpha value is -3.02. The first-order valence-electron chi connectivity index (χ1n) is 11.9. The van der Waals surface area contributed by atoms with Gasteiger partial charge in [0.2, 0.25) is 0 Å². The highest BCUT2D eigenvalue weighted by atomic mass is 16.3. The number of benzene rings is 2. The highest BCUT2D eigenvalue weighted by Gasteiger charge is 2.49. The molecule has 2 fully saturated rings. The molecule has 1 amide bonds. The number of aliphatic hydroxyl groups excluding tert-OH is 1. The van der Waals surface area contributed by atoms with Crippen LogP contribution in [0.5, 0.6) is 0 Å². The van der Waals surface area contributed by atoms with Crippen molar-refractivity contribution < 1.29 is 9.90 Å². The number of hydrogen-bond donors (Lipinski definition) is 1. The van der Waals surface area contributed by atoms with E-state index < -0.39 is 0 Å². The second-order valence-corrected chi connectivity index (χ2v) is 9.27. The molecule has 3 atom stereocenters. The Morgan fingerprint density at radius 1 is 1.00 bits per heavy atom. The first-order valence-corrected chi connectivity index (χ1v) is 11.9. The monoisotopic (exact) mass is 441 g/mol. The standard InChI is InChI=1S/C28H31N3O2/c1-20-5-4-6-24(17-20)21-7-9-22(10-8-21)27-25-18-30(28(33)23-11-13-29-14-12-23)15-2-3-16-31(25)26(27)19-32/h4-14,17,25-27,32H,2-3,15-16,18-19H2,1H3/t25-,26+,27+/m1/s1. The van der Waals surface area contributed by atoms with Crippen LogP contribution < -0.4 is 0 Å². The fourth-order valence-electron chi connectivity index (χ4n) is 5.52. The first kappa shape index (κ1) is 21.8. The van der Waals surface area contributed by atoms with Crippen LogP contribution in [0.4, 0.5) is 0 Å². The maximum atomic E-state index is 13.2. The summed E-state index contributed by atoms with van der Waals surface area (Å²) >= 11 is 0. The van der Waals surface area contributed by atoms with Gasteiger partial charge in [-0.25, -0.2) is 0 Å². The van der Waals surface area contributed by atoms with Crippen molar-refractivity contribution in [2.24, 2.45) is 0 Å². The van der Waals surface area contributed by atoms with Gasteiger partial charge in [-0.15, -0.1) is 0 Å². The molecule has 0 unspecified atom stereocenters. The third-order valence-corrected chi connectivity index (χ3v) is 7.23. The SMILES string of the molecule is Cc1cccc(-c2ccc([C@H]3[C@H]4CN(C(=O)c5ccncc5)CCCCN4[C@H]3CO)cc2)c1. The Balaban J connectivity index is 1.39. The molecule has 3 heterocycles. The van der Waals surface area contributed by atoms with Gasteiger partial charge in [0.05, 0.1) is 6.61 Å². The Morgan fingerprint density at radius 2 is 1.76 bits per heavy atom. The number of aliphatic hydroxyl groups is 1. The molecule has 170 valence electrons. The van der Waals surface area contributed by atoms with Crippen LogP contribution in [-0.4, -0.2) is 64.1 Å². The van der Waals surface area contributed by atoms with Crippen LogP contribution in [0, 0.1) is 6.92 Å². The first-order chi connectivity index (χ1) is 16.2. The molecule has 5 heteroatoms. The summed E-state index contributed by atoms with van der Waals surface area (Å²) in [7, 11) is 0. The fourth-order valence-corrected chi connectivity index (χ4v) is 5.52. The second-order valence-electron chi connectivity index (χ2n) is 9.27. The number of hydrogen-bond acceptors (Lipinski definition) is 4. The van der Waals surface area contributed by atoms with Gasteiger partial charge in [0.15, 0.2) is 0 Å². The van der Waals surface area contributed by atoms with Crippen molar-refractivity contribution in [3.63, 3.8) is 0 Å². The molecule has 2 saturated heterocycles. The van der Waals surface area contributed by atoms with E-state index in [-0.39, 0.29) is 30.5 Å². The van der Waals surface area contributed by atoms with E-state index in [1.54, 1.807) is 24.5 Å². The molecule has 0 saturated carbocycles. The maximum absolute atomic E-state index is 13.2. The summed E-state index contributed by atoms with van der Waals surface area (Å²) in [6, 6.07) is 21.2. The molecule has 0 spiro atoms. The van der Waals surface area contributed by atoms with Gasteiger partial charge in [-0.1, -0.05) is 54.1 Å². The molecule has 3 aromatic rings. The summed E-state index contributed by atoms with van der Waals surface area (Å²) in [5, 5.41) is 10.2. The lowest BCUT2D eigenvalue weighted by Crippen LogP contribution is -2.67. The maximum Gasteiger partial charge on any atom is 0.254 e. The van der Waals surface area contributed by atoms with Crippen LogP contribution in [0.1, 0.15) is 40.2 Å². The average molecular weight is 442 g/mol. The fraction of sp³-hybridized carbons (Fsp3) is 0.357. The molecule has 0 radical (unpaired) electrons. The molecule has 2 aromatic carbocycles. The van der Waals surface area contributed by atoms with E-state index in [0.717, 1.165) is 25.9 Å². The normalized spacial score (nSPS) is 23.2. The number of aromatic nitrogens is 1. The molecule has 2 aliphatic heterocycles. The number of carbonyl (C=O) groups excluding carboxylic acids is 1. The summed E-state index contributed by atoms with van der Waals surface area (Å²) < 4.78 is 0. The second kappa shape index (κ2) is 9.46. The number of amides is 1. The van der Waals surface area contributed by atoms with Crippen LogP contribution in [0.2, 0.25) is 0 Å². The van der Waals surface area contributed by atoms with E-state index >= 15 is 0 Å². The van der Waals surface area contributed by atoms with Crippen LogP contribution in [0.15, 0.2) is 73.1 Å². The lowest BCUT2D eigenvalue weighted by atomic mass is 9.74. The lowest BCUT2D eigenvalue weighted by molar-refractivity contribution is -0.0606. The summed E-state index contributed by atoms with van der Waals surface area (Å²) in [4.78, 5) is 21.6. The van der Waals surface area contributed by atoms with Crippen molar-refractivity contribution in [3.8, 4) is 11.1 Å². The van der Waals surface area contributed by atoms with Crippen LogP contribution in [0.3, 0.4) is 0 Å². The largest absolute Gasteiger partial charge is 0.395 e. The predicted octanol–water partition coefficient (Wildman–Crippen LogP) is 4.12. The van der Waals surface area contributed by atoms with Crippen LogP contribution in [0.25, 0.3) is 11.1 Å².